The Balaban J connectivity index is 1.73. The number of halogens is 6. The molecular formula is C22H14F6N2O2. The van der Waals surface area contributed by atoms with Gasteiger partial charge in [0.2, 0.25) is 0 Å². The second-order valence-electron chi connectivity index (χ2n) is 6.57. The minimum absolute atomic E-state index is 0.126. The van der Waals surface area contributed by atoms with Gasteiger partial charge >= 0.3 is 12.4 Å². The monoisotopic (exact) mass is 452 g/mol. The lowest BCUT2D eigenvalue weighted by Gasteiger charge is -2.14. The van der Waals surface area contributed by atoms with Gasteiger partial charge in [-0.3, -0.25) is 9.59 Å². The van der Waals surface area contributed by atoms with Crippen LogP contribution in [0.15, 0.2) is 72.8 Å². The van der Waals surface area contributed by atoms with Gasteiger partial charge in [0.15, 0.2) is 0 Å². The molecule has 2 N–H and O–H groups in total. The third kappa shape index (κ3) is 5.26. The van der Waals surface area contributed by atoms with Crippen molar-refractivity contribution in [1.82, 2.24) is 0 Å². The largest absolute Gasteiger partial charge is 0.417 e. The molecule has 0 radical (unpaired) electrons. The maximum atomic E-state index is 13.1. The summed E-state index contributed by atoms with van der Waals surface area (Å²) in [7, 11) is 0. The number of hydrogen-bond acceptors (Lipinski definition) is 2. The molecule has 0 aliphatic rings. The normalized spacial score (nSPS) is 11.7. The van der Waals surface area contributed by atoms with E-state index < -0.39 is 46.4 Å². The Labute approximate surface area is 177 Å². The second-order valence-corrected chi connectivity index (χ2v) is 6.57. The van der Waals surface area contributed by atoms with Crippen LogP contribution < -0.4 is 10.6 Å². The van der Waals surface area contributed by atoms with Crippen molar-refractivity contribution in [3.8, 4) is 0 Å². The molecule has 2 amide bonds. The van der Waals surface area contributed by atoms with Gasteiger partial charge in [0.25, 0.3) is 11.8 Å². The van der Waals surface area contributed by atoms with Crippen molar-refractivity contribution in [2.75, 3.05) is 10.6 Å². The molecule has 0 aromatic heterocycles. The van der Waals surface area contributed by atoms with E-state index in [0.717, 1.165) is 36.4 Å². The predicted octanol–water partition coefficient (Wildman–Crippen LogP) is 6.23. The molecule has 0 bridgehead atoms. The highest BCUT2D eigenvalue weighted by molar-refractivity contribution is 6.07. The first-order chi connectivity index (χ1) is 15.0. The van der Waals surface area contributed by atoms with Crippen molar-refractivity contribution in [3.05, 3.63) is 95.1 Å². The fraction of sp³-hybridized carbons (Fsp3) is 0.0909. The molecule has 0 heterocycles. The van der Waals surface area contributed by atoms with E-state index in [0.29, 0.717) is 0 Å². The number of benzene rings is 3. The predicted molar refractivity (Wildman–Crippen MR) is 105 cm³/mol. The zero-order valence-corrected chi connectivity index (χ0v) is 16.0. The van der Waals surface area contributed by atoms with Crippen molar-refractivity contribution in [2.24, 2.45) is 0 Å². The van der Waals surface area contributed by atoms with E-state index >= 15 is 0 Å². The molecule has 10 heteroatoms. The van der Waals surface area contributed by atoms with Gasteiger partial charge in [-0.1, -0.05) is 24.3 Å². The summed E-state index contributed by atoms with van der Waals surface area (Å²) in [6.45, 7) is 0. The van der Waals surface area contributed by atoms with Crippen molar-refractivity contribution in [1.29, 1.82) is 0 Å². The van der Waals surface area contributed by atoms with E-state index in [4.69, 9.17) is 0 Å². The minimum atomic E-state index is -4.71. The van der Waals surface area contributed by atoms with Crippen LogP contribution in [-0.2, 0) is 12.4 Å². The van der Waals surface area contributed by atoms with Crippen molar-refractivity contribution >= 4 is 23.2 Å². The molecule has 3 aromatic rings. The third-order valence-corrected chi connectivity index (χ3v) is 4.35. The smallest absolute Gasteiger partial charge is 0.322 e. The van der Waals surface area contributed by atoms with Gasteiger partial charge in [0.1, 0.15) is 0 Å². The maximum Gasteiger partial charge on any atom is 0.417 e. The van der Waals surface area contributed by atoms with E-state index in [1.165, 1.54) is 36.4 Å². The van der Waals surface area contributed by atoms with Crippen molar-refractivity contribution in [2.45, 2.75) is 12.4 Å². The van der Waals surface area contributed by atoms with Crippen LogP contribution in [0.4, 0.5) is 37.7 Å². The first-order valence-corrected chi connectivity index (χ1v) is 9.02. The van der Waals surface area contributed by atoms with Crippen LogP contribution in [0.2, 0.25) is 0 Å². The summed E-state index contributed by atoms with van der Waals surface area (Å²) in [4.78, 5) is 24.5. The van der Waals surface area contributed by atoms with Crippen LogP contribution in [-0.4, -0.2) is 11.8 Å². The highest BCUT2D eigenvalue weighted by Gasteiger charge is 2.35. The summed E-state index contributed by atoms with van der Waals surface area (Å²) in [6, 6.07) is 13.7. The van der Waals surface area contributed by atoms with Crippen molar-refractivity contribution < 1.29 is 35.9 Å². The molecule has 166 valence electrons. The molecule has 0 saturated carbocycles. The summed E-state index contributed by atoms with van der Waals surface area (Å²) in [5, 5.41) is 4.62. The molecule has 4 nitrogen and oxygen atoms in total. The molecule has 0 fully saturated rings. The molecular weight excluding hydrogens is 438 g/mol. The summed E-state index contributed by atoms with van der Waals surface area (Å²) in [5.74, 6) is -1.98. The Hall–Kier alpha value is -3.82. The molecule has 0 aliphatic carbocycles. The van der Waals surface area contributed by atoms with Crippen molar-refractivity contribution in [3.63, 3.8) is 0 Å². The van der Waals surface area contributed by atoms with E-state index in [1.807, 2.05) is 0 Å². The average Bonchev–Trinajstić information content (AvgIpc) is 2.74. The number of anilines is 2. The molecule has 32 heavy (non-hydrogen) atoms. The summed E-state index contributed by atoms with van der Waals surface area (Å²) in [6.07, 6.45) is -9.43. The summed E-state index contributed by atoms with van der Waals surface area (Å²) >= 11 is 0. The van der Waals surface area contributed by atoms with Gasteiger partial charge < -0.3 is 10.6 Å². The summed E-state index contributed by atoms with van der Waals surface area (Å²) < 4.78 is 78.4. The highest BCUT2D eigenvalue weighted by atomic mass is 19.4. The number of amides is 2. The lowest BCUT2D eigenvalue weighted by molar-refractivity contribution is -0.138. The molecule has 0 unspecified atom stereocenters. The fourth-order valence-corrected chi connectivity index (χ4v) is 2.89. The van der Waals surface area contributed by atoms with Crippen LogP contribution in [0.25, 0.3) is 0 Å². The topological polar surface area (TPSA) is 58.2 Å². The number of alkyl halides is 6. The van der Waals surface area contributed by atoms with E-state index in [9.17, 15) is 35.9 Å². The maximum absolute atomic E-state index is 13.1. The van der Waals surface area contributed by atoms with E-state index in [2.05, 4.69) is 10.6 Å². The minimum Gasteiger partial charge on any atom is -0.322 e. The van der Waals surface area contributed by atoms with Crippen LogP contribution in [0.1, 0.15) is 31.8 Å². The average molecular weight is 452 g/mol. The highest BCUT2D eigenvalue weighted by Crippen LogP contribution is 2.33. The van der Waals surface area contributed by atoms with Gasteiger partial charge in [-0.05, 0) is 48.5 Å². The Bertz CT molecular complexity index is 1050. The number of carbonyl (C=O) groups is 2. The Morgan fingerprint density at radius 1 is 0.531 bits per heavy atom. The zero-order valence-electron chi connectivity index (χ0n) is 16.0. The van der Waals surface area contributed by atoms with Crippen LogP contribution in [0.5, 0.6) is 0 Å². The lowest BCUT2D eigenvalue weighted by Crippen LogP contribution is -2.19. The Morgan fingerprint density at radius 2 is 0.844 bits per heavy atom. The van der Waals surface area contributed by atoms with Crippen LogP contribution in [0, 0.1) is 0 Å². The molecule has 0 spiro atoms. The SMILES string of the molecule is O=C(Nc1ccc(NC(=O)c2ccccc2C(F)(F)F)cc1)c1ccccc1C(F)(F)F. The fourth-order valence-electron chi connectivity index (χ4n) is 2.89. The van der Waals surface area contributed by atoms with Crippen LogP contribution in [0.3, 0.4) is 0 Å². The number of rotatable bonds is 4. The van der Waals surface area contributed by atoms with Gasteiger partial charge in [-0.15, -0.1) is 0 Å². The number of carbonyl (C=O) groups excluding carboxylic acids is 2. The first-order valence-electron chi connectivity index (χ1n) is 9.02. The Kier molecular flexibility index (Phi) is 6.24. The van der Waals surface area contributed by atoms with Gasteiger partial charge in [-0.25, -0.2) is 0 Å². The molecule has 3 aromatic carbocycles. The second kappa shape index (κ2) is 8.74. The zero-order chi connectivity index (χ0) is 23.5. The number of hydrogen-bond donors (Lipinski definition) is 2. The third-order valence-electron chi connectivity index (χ3n) is 4.35. The lowest BCUT2D eigenvalue weighted by atomic mass is 10.1. The van der Waals surface area contributed by atoms with E-state index in [-0.39, 0.29) is 11.4 Å². The van der Waals surface area contributed by atoms with E-state index in [1.54, 1.807) is 0 Å². The van der Waals surface area contributed by atoms with Gasteiger partial charge in [0.05, 0.1) is 22.3 Å². The summed E-state index contributed by atoms with van der Waals surface area (Å²) in [5.41, 5.74) is -3.07. The molecule has 0 aliphatic heterocycles. The molecule has 0 saturated heterocycles. The van der Waals surface area contributed by atoms with Crippen LogP contribution >= 0.6 is 0 Å². The Morgan fingerprint density at radius 3 is 1.16 bits per heavy atom. The standard InChI is InChI=1S/C22H14F6N2O2/c23-21(24,25)17-7-3-1-5-15(17)19(31)29-13-9-11-14(12-10-13)30-20(32)16-6-2-4-8-18(16)22(26,27)28/h1-12H,(H,29,31)(H,30,32). The quantitative estimate of drug-likeness (QED) is 0.461. The molecule has 0 atom stereocenters. The molecule has 3 rings (SSSR count). The van der Waals surface area contributed by atoms with Gasteiger partial charge in [0, 0.05) is 11.4 Å². The number of nitrogens with one attached hydrogen (secondary N) is 2. The first kappa shape index (κ1) is 22.9. The van der Waals surface area contributed by atoms with Gasteiger partial charge in [-0.2, -0.15) is 26.3 Å².